The Hall–Kier alpha value is -2.47. The van der Waals surface area contributed by atoms with E-state index in [1.165, 1.54) is 0 Å². The van der Waals surface area contributed by atoms with Crippen LogP contribution in [0.4, 0.5) is 5.95 Å². The number of anilines is 1. The molecule has 0 spiro atoms. The van der Waals surface area contributed by atoms with Crippen LogP contribution in [0.1, 0.15) is 22.0 Å². The number of hydrogen-bond acceptors (Lipinski definition) is 5. The molecule has 6 nitrogen and oxygen atoms in total. The van der Waals surface area contributed by atoms with Crippen molar-refractivity contribution in [2.24, 2.45) is 0 Å². The Morgan fingerprint density at radius 1 is 1.22 bits per heavy atom. The van der Waals surface area contributed by atoms with Gasteiger partial charge in [-0.05, 0) is 5.56 Å². The molecule has 1 fully saturated rings. The van der Waals surface area contributed by atoms with E-state index >= 15 is 0 Å². The van der Waals surface area contributed by atoms with Crippen molar-refractivity contribution in [3.63, 3.8) is 0 Å². The molecule has 3 rings (SSSR count). The monoisotopic (exact) mass is 311 g/mol. The number of carbonyl (C=O) groups excluding carboxylic acids is 1. The zero-order chi connectivity index (χ0) is 16.2. The van der Waals surface area contributed by atoms with E-state index in [9.17, 15) is 4.79 Å². The van der Waals surface area contributed by atoms with Gasteiger partial charge in [-0.25, -0.2) is 9.97 Å². The van der Waals surface area contributed by atoms with Gasteiger partial charge in [-0.2, -0.15) is 0 Å². The summed E-state index contributed by atoms with van der Waals surface area (Å²) in [6.45, 7) is 2.23. The lowest BCUT2D eigenvalue weighted by Crippen LogP contribution is -2.48. The summed E-state index contributed by atoms with van der Waals surface area (Å²) in [5.41, 5.74) is 1.66. The van der Waals surface area contributed by atoms with Crippen LogP contribution in [0, 0.1) is 0 Å². The molecule has 0 bridgehead atoms. The normalized spacial score (nSPS) is 17.8. The molecule has 0 aliphatic carbocycles. The standard InChI is InChI=1S/C17H21N5O/c1-21(2)17-19-10-14(11-20-17)16(23)22-9-8-18-12-15(22)13-6-4-3-5-7-13/h3-7,10-11,15,18H,8-9,12H2,1-2H3/t15-/m1/s1. The minimum Gasteiger partial charge on any atom is -0.347 e. The van der Waals surface area contributed by atoms with Gasteiger partial charge in [0.2, 0.25) is 5.95 Å². The average Bonchev–Trinajstić information content (AvgIpc) is 2.62. The quantitative estimate of drug-likeness (QED) is 0.926. The first-order valence-electron chi connectivity index (χ1n) is 7.73. The Morgan fingerprint density at radius 3 is 2.57 bits per heavy atom. The molecule has 23 heavy (non-hydrogen) atoms. The molecule has 120 valence electrons. The van der Waals surface area contributed by atoms with Gasteiger partial charge in [0.05, 0.1) is 11.6 Å². The van der Waals surface area contributed by atoms with Gasteiger partial charge in [0, 0.05) is 46.1 Å². The lowest BCUT2D eigenvalue weighted by Gasteiger charge is -2.36. The molecule has 0 radical (unpaired) electrons. The van der Waals surface area contributed by atoms with Gasteiger partial charge in [0.25, 0.3) is 5.91 Å². The van der Waals surface area contributed by atoms with E-state index in [2.05, 4.69) is 27.4 Å². The maximum absolute atomic E-state index is 12.9. The lowest BCUT2D eigenvalue weighted by atomic mass is 10.0. The Kier molecular flexibility index (Phi) is 4.52. The van der Waals surface area contributed by atoms with Gasteiger partial charge in [-0.1, -0.05) is 30.3 Å². The third kappa shape index (κ3) is 3.32. The van der Waals surface area contributed by atoms with Gasteiger partial charge in [-0.3, -0.25) is 4.79 Å². The predicted molar refractivity (Wildman–Crippen MR) is 89.4 cm³/mol. The maximum atomic E-state index is 12.9. The number of carbonyl (C=O) groups is 1. The molecule has 1 atom stereocenters. The highest BCUT2D eigenvalue weighted by Crippen LogP contribution is 2.23. The van der Waals surface area contributed by atoms with Crippen molar-refractivity contribution in [1.29, 1.82) is 0 Å². The van der Waals surface area contributed by atoms with Crippen LogP contribution in [0.15, 0.2) is 42.7 Å². The summed E-state index contributed by atoms with van der Waals surface area (Å²) in [6.07, 6.45) is 3.21. The first-order chi connectivity index (χ1) is 11.2. The molecule has 0 unspecified atom stereocenters. The largest absolute Gasteiger partial charge is 0.347 e. The molecule has 1 aromatic heterocycles. The van der Waals surface area contributed by atoms with Crippen LogP contribution in [0.25, 0.3) is 0 Å². The predicted octanol–water partition coefficient (Wildman–Crippen LogP) is 1.33. The van der Waals surface area contributed by atoms with E-state index in [-0.39, 0.29) is 11.9 Å². The van der Waals surface area contributed by atoms with Crippen molar-refractivity contribution in [1.82, 2.24) is 20.2 Å². The number of benzene rings is 1. The molecule has 1 N–H and O–H groups in total. The van der Waals surface area contributed by atoms with E-state index in [0.717, 1.165) is 18.7 Å². The molecular formula is C17H21N5O. The zero-order valence-corrected chi connectivity index (χ0v) is 13.4. The van der Waals surface area contributed by atoms with Crippen molar-refractivity contribution >= 4 is 11.9 Å². The van der Waals surface area contributed by atoms with E-state index < -0.39 is 0 Å². The molecule has 1 aliphatic rings. The van der Waals surface area contributed by atoms with Crippen LogP contribution in [-0.2, 0) is 0 Å². The van der Waals surface area contributed by atoms with Crippen LogP contribution in [0.5, 0.6) is 0 Å². The zero-order valence-electron chi connectivity index (χ0n) is 13.4. The highest BCUT2D eigenvalue weighted by Gasteiger charge is 2.28. The van der Waals surface area contributed by atoms with Crippen LogP contribution in [-0.4, -0.2) is 54.5 Å². The summed E-state index contributed by atoms with van der Waals surface area (Å²) in [5.74, 6) is 0.576. The topological polar surface area (TPSA) is 61.4 Å². The molecule has 2 aromatic rings. The molecular weight excluding hydrogens is 290 g/mol. The van der Waals surface area contributed by atoms with Crippen LogP contribution in [0.2, 0.25) is 0 Å². The van der Waals surface area contributed by atoms with Gasteiger partial charge >= 0.3 is 0 Å². The molecule has 1 aromatic carbocycles. The highest BCUT2D eigenvalue weighted by molar-refractivity contribution is 5.94. The number of rotatable bonds is 3. The van der Waals surface area contributed by atoms with Crippen molar-refractivity contribution in [3.05, 3.63) is 53.9 Å². The first-order valence-corrected chi connectivity index (χ1v) is 7.73. The van der Waals surface area contributed by atoms with Crippen molar-refractivity contribution in [2.75, 3.05) is 38.6 Å². The SMILES string of the molecule is CN(C)c1ncc(C(=O)N2CCNC[C@@H]2c2ccccc2)cn1. The second-order valence-corrected chi connectivity index (χ2v) is 5.80. The highest BCUT2D eigenvalue weighted by atomic mass is 16.2. The molecule has 2 heterocycles. The third-order valence-electron chi connectivity index (χ3n) is 3.97. The van der Waals surface area contributed by atoms with Gasteiger partial charge in [0.1, 0.15) is 0 Å². The Morgan fingerprint density at radius 2 is 1.91 bits per heavy atom. The fraction of sp³-hybridized carbons (Fsp3) is 0.353. The number of amides is 1. The molecule has 0 saturated carbocycles. The van der Waals surface area contributed by atoms with Crippen molar-refractivity contribution < 1.29 is 4.79 Å². The number of piperazine rings is 1. The Labute approximate surface area is 136 Å². The fourth-order valence-corrected chi connectivity index (χ4v) is 2.75. The summed E-state index contributed by atoms with van der Waals surface area (Å²) >= 11 is 0. The lowest BCUT2D eigenvalue weighted by molar-refractivity contribution is 0.0633. The van der Waals surface area contributed by atoms with E-state index in [0.29, 0.717) is 18.1 Å². The van der Waals surface area contributed by atoms with Gasteiger partial charge in [0.15, 0.2) is 0 Å². The Balaban J connectivity index is 1.84. The number of nitrogens with zero attached hydrogens (tertiary/aromatic N) is 4. The molecule has 1 aliphatic heterocycles. The fourth-order valence-electron chi connectivity index (χ4n) is 2.75. The van der Waals surface area contributed by atoms with E-state index in [4.69, 9.17) is 0 Å². The van der Waals surface area contributed by atoms with Crippen LogP contribution >= 0.6 is 0 Å². The minimum absolute atomic E-state index is 0.0225. The number of aromatic nitrogens is 2. The number of hydrogen-bond donors (Lipinski definition) is 1. The first kappa shape index (κ1) is 15.4. The summed E-state index contributed by atoms with van der Waals surface area (Å²) < 4.78 is 0. The Bertz CT molecular complexity index is 656. The second-order valence-electron chi connectivity index (χ2n) is 5.80. The molecule has 1 amide bonds. The maximum Gasteiger partial charge on any atom is 0.257 e. The summed E-state index contributed by atoms with van der Waals surface area (Å²) in [4.78, 5) is 25.1. The third-order valence-corrected chi connectivity index (χ3v) is 3.97. The summed E-state index contributed by atoms with van der Waals surface area (Å²) in [7, 11) is 3.75. The van der Waals surface area contributed by atoms with Crippen LogP contribution < -0.4 is 10.2 Å². The summed E-state index contributed by atoms with van der Waals surface area (Å²) in [5, 5.41) is 3.36. The van der Waals surface area contributed by atoms with Crippen molar-refractivity contribution in [2.45, 2.75) is 6.04 Å². The summed E-state index contributed by atoms with van der Waals surface area (Å²) in [6, 6.07) is 10.1. The molecule has 6 heteroatoms. The minimum atomic E-state index is -0.0225. The van der Waals surface area contributed by atoms with E-state index in [1.54, 1.807) is 12.4 Å². The average molecular weight is 311 g/mol. The van der Waals surface area contributed by atoms with Crippen LogP contribution in [0.3, 0.4) is 0 Å². The van der Waals surface area contributed by atoms with Gasteiger partial charge in [-0.15, -0.1) is 0 Å². The second kappa shape index (κ2) is 6.75. The molecule has 1 saturated heterocycles. The smallest absolute Gasteiger partial charge is 0.257 e. The van der Waals surface area contributed by atoms with Crippen molar-refractivity contribution in [3.8, 4) is 0 Å². The van der Waals surface area contributed by atoms with Gasteiger partial charge < -0.3 is 15.1 Å². The van der Waals surface area contributed by atoms with E-state index in [1.807, 2.05) is 42.1 Å². The number of nitrogens with one attached hydrogen (secondary N) is 1.